The van der Waals surface area contributed by atoms with Gasteiger partial charge in [-0.05, 0) is 38.5 Å². The van der Waals surface area contributed by atoms with Crippen molar-refractivity contribution in [3.05, 3.63) is 57.6 Å². The van der Waals surface area contributed by atoms with E-state index in [1.165, 1.54) is 42.6 Å². The molecule has 0 spiro atoms. The van der Waals surface area contributed by atoms with Gasteiger partial charge >= 0.3 is 0 Å². The van der Waals surface area contributed by atoms with Crippen molar-refractivity contribution in [2.24, 2.45) is 0 Å². The number of carbonyl (C=O) groups is 1. The van der Waals surface area contributed by atoms with E-state index < -0.39 is 4.92 Å². The van der Waals surface area contributed by atoms with Crippen LogP contribution in [0, 0.1) is 24.0 Å². The SMILES string of the molecule is COc1cc([N+](=O)[O-])ccc1NC(=O)[C@H](C)Sc1ccc(C)cc1C. The molecular formula is C18H20N2O4S. The van der Waals surface area contributed by atoms with Crippen LogP contribution in [0.3, 0.4) is 0 Å². The molecule has 1 amide bonds. The monoisotopic (exact) mass is 360 g/mol. The van der Waals surface area contributed by atoms with Gasteiger partial charge in [-0.15, -0.1) is 11.8 Å². The van der Waals surface area contributed by atoms with Crippen LogP contribution in [0.25, 0.3) is 0 Å². The molecular weight excluding hydrogens is 340 g/mol. The average molecular weight is 360 g/mol. The Bertz CT molecular complexity index is 808. The van der Waals surface area contributed by atoms with Crippen LogP contribution in [0.1, 0.15) is 18.1 Å². The molecule has 132 valence electrons. The smallest absolute Gasteiger partial charge is 0.273 e. The molecule has 25 heavy (non-hydrogen) atoms. The number of nitrogens with one attached hydrogen (secondary N) is 1. The number of hydrogen-bond donors (Lipinski definition) is 1. The summed E-state index contributed by atoms with van der Waals surface area (Å²) in [6.45, 7) is 5.86. The van der Waals surface area contributed by atoms with Crippen molar-refractivity contribution in [1.29, 1.82) is 0 Å². The number of carbonyl (C=O) groups excluding carboxylic acids is 1. The molecule has 7 heteroatoms. The molecule has 2 rings (SSSR count). The maximum absolute atomic E-state index is 12.5. The molecule has 0 heterocycles. The van der Waals surface area contributed by atoms with Crippen molar-refractivity contribution < 1.29 is 14.5 Å². The van der Waals surface area contributed by atoms with Gasteiger partial charge in [0.15, 0.2) is 0 Å². The van der Waals surface area contributed by atoms with Gasteiger partial charge in [-0.1, -0.05) is 17.7 Å². The third-order valence-corrected chi connectivity index (χ3v) is 4.94. The van der Waals surface area contributed by atoms with Crippen LogP contribution in [0.4, 0.5) is 11.4 Å². The Labute approximate surface area is 150 Å². The predicted octanol–water partition coefficient (Wildman–Crippen LogP) is 4.34. The van der Waals surface area contributed by atoms with E-state index in [1.807, 2.05) is 32.9 Å². The van der Waals surface area contributed by atoms with Gasteiger partial charge in [0, 0.05) is 11.0 Å². The van der Waals surface area contributed by atoms with Crippen molar-refractivity contribution in [3.63, 3.8) is 0 Å². The number of benzene rings is 2. The summed E-state index contributed by atoms with van der Waals surface area (Å²) in [5.41, 5.74) is 2.62. The summed E-state index contributed by atoms with van der Waals surface area (Å²) in [5.74, 6) is 0.0587. The van der Waals surface area contributed by atoms with Crippen LogP contribution in [0.5, 0.6) is 5.75 Å². The number of amides is 1. The van der Waals surface area contributed by atoms with Crippen LogP contribution >= 0.6 is 11.8 Å². The number of methoxy groups -OCH3 is 1. The highest BCUT2D eigenvalue weighted by Gasteiger charge is 2.18. The zero-order valence-corrected chi connectivity index (χ0v) is 15.3. The maximum atomic E-state index is 12.5. The molecule has 2 aromatic rings. The Balaban J connectivity index is 2.11. The van der Waals surface area contributed by atoms with Crippen LogP contribution in [-0.4, -0.2) is 23.2 Å². The molecule has 0 aliphatic rings. The van der Waals surface area contributed by atoms with E-state index in [9.17, 15) is 14.9 Å². The zero-order valence-electron chi connectivity index (χ0n) is 14.5. The number of ether oxygens (including phenoxy) is 1. The Kier molecular flexibility index (Phi) is 6.03. The summed E-state index contributed by atoms with van der Waals surface area (Å²) >= 11 is 1.47. The second-order valence-corrected chi connectivity index (χ2v) is 7.04. The van der Waals surface area contributed by atoms with Crippen molar-refractivity contribution in [2.45, 2.75) is 30.9 Å². The number of non-ortho nitro benzene ring substituents is 1. The van der Waals surface area contributed by atoms with Crippen molar-refractivity contribution >= 4 is 29.0 Å². The number of nitro groups is 1. The standard InChI is InChI=1S/C18H20N2O4S/c1-11-5-8-17(12(2)9-11)25-13(3)18(21)19-15-7-6-14(20(22)23)10-16(15)24-4/h5-10,13H,1-4H3,(H,19,21)/t13-/m0/s1. The number of nitro benzene ring substituents is 1. The third-order valence-electron chi connectivity index (χ3n) is 3.66. The first-order valence-corrected chi connectivity index (χ1v) is 8.57. The second kappa shape index (κ2) is 8.02. The first-order valence-electron chi connectivity index (χ1n) is 7.69. The molecule has 2 aromatic carbocycles. The van der Waals surface area contributed by atoms with E-state index in [1.54, 1.807) is 0 Å². The minimum atomic E-state index is -0.507. The summed E-state index contributed by atoms with van der Waals surface area (Å²) in [6, 6.07) is 10.2. The van der Waals surface area contributed by atoms with E-state index in [2.05, 4.69) is 11.4 Å². The van der Waals surface area contributed by atoms with Crippen LogP contribution in [0.2, 0.25) is 0 Å². The quantitative estimate of drug-likeness (QED) is 0.471. The first-order chi connectivity index (χ1) is 11.8. The molecule has 0 fully saturated rings. The Hall–Kier alpha value is -2.54. The van der Waals surface area contributed by atoms with E-state index in [0.29, 0.717) is 5.69 Å². The van der Waals surface area contributed by atoms with E-state index in [4.69, 9.17) is 4.74 Å². The molecule has 0 aliphatic carbocycles. The van der Waals surface area contributed by atoms with Gasteiger partial charge in [0.05, 0.1) is 29.0 Å². The molecule has 6 nitrogen and oxygen atoms in total. The van der Waals surface area contributed by atoms with E-state index >= 15 is 0 Å². The highest BCUT2D eigenvalue weighted by atomic mass is 32.2. The lowest BCUT2D eigenvalue weighted by Crippen LogP contribution is -2.22. The first kappa shape index (κ1) is 18.8. The molecule has 0 bridgehead atoms. The lowest BCUT2D eigenvalue weighted by Gasteiger charge is -2.15. The van der Waals surface area contributed by atoms with Crippen LogP contribution in [-0.2, 0) is 4.79 Å². The minimum Gasteiger partial charge on any atom is -0.494 e. The van der Waals surface area contributed by atoms with Gasteiger partial charge in [0.2, 0.25) is 5.91 Å². The average Bonchev–Trinajstić information content (AvgIpc) is 2.57. The second-order valence-electron chi connectivity index (χ2n) is 5.66. The van der Waals surface area contributed by atoms with Gasteiger partial charge in [-0.25, -0.2) is 0 Å². The maximum Gasteiger partial charge on any atom is 0.273 e. The number of thioether (sulfide) groups is 1. The largest absolute Gasteiger partial charge is 0.494 e. The third kappa shape index (κ3) is 4.73. The lowest BCUT2D eigenvalue weighted by molar-refractivity contribution is -0.384. The number of rotatable bonds is 6. The summed E-state index contributed by atoms with van der Waals surface area (Å²) in [6.07, 6.45) is 0. The fraction of sp³-hybridized carbons (Fsp3) is 0.278. The van der Waals surface area contributed by atoms with E-state index in [0.717, 1.165) is 10.5 Å². The van der Waals surface area contributed by atoms with Crippen molar-refractivity contribution in [3.8, 4) is 5.75 Å². The number of hydrogen-bond acceptors (Lipinski definition) is 5. The Morgan fingerprint density at radius 2 is 1.96 bits per heavy atom. The number of nitrogens with zero attached hydrogens (tertiary/aromatic N) is 1. The van der Waals surface area contributed by atoms with E-state index in [-0.39, 0.29) is 22.6 Å². The molecule has 1 N–H and O–H groups in total. The predicted molar refractivity (Wildman–Crippen MR) is 99.5 cm³/mol. The summed E-state index contributed by atoms with van der Waals surface area (Å²) in [4.78, 5) is 23.8. The van der Waals surface area contributed by atoms with Crippen molar-refractivity contribution in [1.82, 2.24) is 0 Å². The molecule has 0 aliphatic heterocycles. The van der Waals surface area contributed by atoms with Crippen molar-refractivity contribution in [2.75, 3.05) is 12.4 Å². The van der Waals surface area contributed by atoms with Gasteiger partial charge < -0.3 is 10.1 Å². The molecule has 1 atom stereocenters. The molecule has 0 saturated heterocycles. The van der Waals surface area contributed by atoms with Crippen LogP contribution in [0.15, 0.2) is 41.3 Å². The normalized spacial score (nSPS) is 11.7. The van der Waals surface area contributed by atoms with Crippen LogP contribution < -0.4 is 10.1 Å². The summed E-state index contributed by atoms with van der Waals surface area (Å²) in [5, 5.41) is 13.3. The fourth-order valence-corrected chi connectivity index (χ4v) is 3.24. The highest BCUT2D eigenvalue weighted by molar-refractivity contribution is 8.00. The van der Waals surface area contributed by atoms with Gasteiger partial charge in [-0.3, -0.25) is 14.9 Å². The molecule has 0 saturated carbocycles. The number of aryl methyl sites for hydroxylation is 2. The zero-order chi connectivity index (χ0) is 18.6. The van der Waals surface area contributed by atoms with Gasteiger partial charge in [-0.2, -0.15) is 0 Å². The van der Waals surface area contributed by atoms with Gasteiger partial charge in [0.25, 0.3) is 5.69 Å². The topological polar surface area (TPSA) is 81.5 Å². The molecule has 0 unspecified atom stereocenters. The summed E-state index contributed by atoms with van der Waals surface area (Å²) < 4.78 is 5.14. The highest BCUT2D eigenvalue weighted by Crippen LogP contribution is 2.31. The molecule has 0 radical (unpaired) electrons. The molecule has 0 aromatic heterocycles. The Morgan fingerprint density at radius 1 is 1.24 bits per heavy atom. The minimum absolute atomic E-state index is 0.0902. The number of anilines is 1. The fourth-order valence-electron chi connectivity index (χ4n) is 2.31. The lowest BCUT2D eigenvalue weighted by atomic mass is 10.2. The van der Waals surface area contributed by atoms with Gasteiger partial charge in [0.1, 0.15) is 5.75 Å². The summed E-state index contributed by atoms with van der Waals surface area (Å²) in [7, 11) is 1.41. The Morgan fingerprint density at radius 3 is 2.56 bits per heavy atom.